The first-order valence-electron chi connectivity index (χ1n) is 11.5. The minimum Gasteiger partial charge on any atom is -0.306 e. The van der Waals surface area contributed by atoms with Crippen LogP contribution in [0.5, 0.6) is 0 Å². The molecule has 0 aromatic heterocycles. The first kappa shape index (κ1) is 26.2. The second-order valence-electron chi connectivity index (χ2n) is 8.77. The van der Waals surface area contributed by atoms with Gasteiger partial charge in [-0.25, -0.2) is 0 Å². The average molecular weight is 457 g/mol. The highest BCUT2D eigenvalue weighted by Crippen LogP contribution is 2.26. The third kappa shape index (κ3) is 8.16. The number of ketones is 1. The number of rotatable bonds is 10. The molecule has 0 heterocycles. The maximum Gasteiger partial charge on any atom is 0.162 e. The summed E-state index contributed by atoms with van der Waals surface area (Å²) in [4.78, 5) is 26.0. The zero-order valence-corrected chi connectivity index (χ0v) is 20.7. The van der Waals surface area contributed by atoms with Crippen LogP contribution in [-0.4, -0.2) is 62.1 Å². The topological polar surface area (TPSA) is 40.6 Å². The summed E-state index contributed by atoms with van der Waals surface area (Å²) in [5.41, 5.74) is 4.84. The molecule has 0 saturated heterocycles. The van der Waals surface area contributed by atoms with Crippen LogP contribution in [0.15, 0.2) is 42.5 Å². The van der Waals surface area contributed by atoms with Crippen LogP contribution in [0.2, 0.25) is 5.02 Å². The normalized spacial score (nSPS) is 14.8. The maximum absolute atomic E-state index is 12.6. The third-order valence-electron chi connectivity index (χ3n) is 6.08. The Bertz CT molecular complexity index is 882. The van der Waals surface area contributed by atoms with Crippen molar-refractivity contribution in [3.8, 4) is 0 Å². The van der Waals surface area contributed by atoms with Crippen LogP contribution in [0, 0.1) is 0 Å². The molecule has 0 saturated carbocycles. The van der Waals surface area contributed by atoms with Crippen molar-refractivity contribution in [3.63, 3.8) is 0 Å². The quantitative estimate of drug-likeness (QED) is 0.283. The zero-order chi connectivity index (χ0) is 23.5. The lowest BCUT2D eigenvalue weighted by atomic mass is 10.0. The van der Waals surface area contributed by atoms with Crippen LogP contribution >= 0.6 is 11.6 Å². The Morgan fingerprint density at radius 3 is 2.41 bits per heavy atom. The number of carbonyl (C=O) groups is 2. The Hall–Kier alpha value is -2.01. The van der Waals surface area contributed by atoms with Gasteiger partial charge in [-0.05, 0) is 95.5 Å². The number of hydrogen-bond acceptors (Lipinski definition) is 4. The Morgan fingerprint density at radius 1 is 1.03 bits per heavy atom. The largest absolute Gasteiger partial charge is 0.306 e. The molecule has 0 fully saturated rings. The van der Waals surface area contributed by atoms with Gasteiger partial charge in [-0.3, -0.25) is 4.79 Å². The van der Waals surface area contributed by atoms with E-state index >= 15 is 0 Å². The maximum atomic E-state index is 12.6. The van der Waals surface area contributed by atoms with Gasteiger partial charge in [0.2, 0.25) is 0 Å². The summed E-state index contributed by atoms with van der Waals surface area (Å²) >= 11 is 6.23. The lowest BCUT2D eigenvalue weighted by Crippen LogP contribution is -2.27. The van der Waals surface area contributed by atoms with E-state index < -0.39 is 0 Å². The van der Waals surface area contributed by atoms with Gasteiger partial charge >= 0.3 is 0 Å². The van der Waals surface area contributed by atoms with Crippen molar-refractivity contribution in [2.75, 3.05) is 34.2 Å². The molecule has 1 atom stereocenters. The van der Waals surface area contributed by atoms with E-state index in [-0.39, 0.29) is 5.78 Å². The van der Waals surface area contributed by atoms with E-state index in [4.69, 9.17) is 16.4 Å². The minimum atomic E-state index is 0.278. The molecule has 1 aliphatic rings. The molecule has 0 N–H and O–H groups in total. The van der Waals surface area contributed by atoms with Gasteiger partial charge in [-0.15, -0.1) is 0 Å². The van der Waals surface area contributed by atoms with Crippen molar-refractivity contribution in [1.82, 2.24) is 9.80 Å². The number of halogens is 1. The second kappa shape index (κ2) is 13.5. The summed E-state index contributed by atoms with van der Waals surface area (Å²) in [7, 11) is 6.41. The number of unbranched alkanes of at least 4 members (excludes halogenated alkanes) is 1. The molecule has 3 rings (SSSR count). The molecular weight excluding hydrogens is 420 g/mol. The standard InChI is InChI=1S/C25H33ClN2O.C2H4O/c1-27(2)23-17-20-11-12-21(16-22(20)18-23)25(29)10-6-7-14-28(3)15-13-19-8-4-5-9-24(19)26;1-2-3/h4-5,8-9,11-12,16,23H,6-7,10,13-15,17-18H2,1-3H3;2H,1H3. The van der Waals surface area contributed by atoms with Gasteiger partial charge in [-0.1, -0.05) is 41.9 Å². The predicted molar refractivity (Wildman–Crippen MR) is 134 cm³/mol. The number of aldehydes is 1. The lowest BCUT2D eigenvalue weighted by molar-refractivity contribution is -0.106. The molecule has 0 radical (unpaired) electrons. The van der Waals surface area contributed by atoms with Gasteiger partial charge in [0.1, 0.15) is 6.29 Å². The van der Waals surface area contributed by atoms with Crippen LogP contribution in [0.3, 0.4) is 0 Å². The number of carbonyl (C=O) groups excluding carboxylic acids is 2. The molecule has 0 amide bonds. The Balaban J connectivity index is 0.00000114. The van der Waals surface area contributed by atoms with Gasteiger partial charge in [0.15, 0.2) is 5.78 Å². The number of likely N-dealkylation sites (N-methyl/N-ethyl adjacent to an activating group) is 2. The molecule has 0 spiro atoms. The first-order chi connectivity index (χ1) is 15.3. The van der Waals surface area contributed by atoms with Gasteiger partial charge in [0, 0.05) is 29.6 Å². The number of fused-ring (bicyclic) bond motifs is 1. The van der Waals surface area contributed by atoms with E-state index in [0.29, 0.717) is 12.5 Å². The van der Waals surface area contributed by atoms with Gasteiger partial charge in [0.25, 0.3) is 0 Å². The molecule has 0 bridgehead atoms. The predicted octanol–water partition coefficient (Wildman–Crippen LogP) is 5.10. The highest BCUT2D eigenvalue weighted by atomic mass is 35.5. The summed E-state index contributed by atoms with van der Waals surface area (Å²) in [6, 6.07) is 14.9. The molecule has 32 heavy (non-hydrogen) atoms. The summed E-state index contributed by atoms with van der Waals surface area (Å²) in [6.07, 6.45) is 6.47. The van der Waals surface area contributed by atoms with Gasteiger partial charge in [-0.2, -0.15) is 0 Å². The summed E-state index contributed by atoms with van der Waals surface area (Å²) < 4.78 is 0. The fraction of sp³-hybridized carbons (Fsp3) is 0.481. The molecule has 1 unspecified atom stereocenters. The third-order valence-corrected chi connectivity index (χ3v) is 6.45. The van der Waals surface area contributed by atoms with Crippen molar-refractivity contribution in [2.24, 2.45) is 0 Å². The number of nitrogens with zero attached hydrogens (tertiary/aromatic N) is 2. The zero-order valence-electron chi connectivity index (χ0n) is 19.9. The van der Waals surface area contributed by atoms with E-state index in [0.717, 1.165) is 62.1 Å². The molecule has 2 aromatic carbocycles. The number of benzene rings is 2. The molecule has 1 aliphatic carbocycles. The van der Waals surface area contributed by atoms with E-state index in [2.05, 4.69) is 49.1 Å². The Labute approximate surface area is 198 Å². The van der Waals surface area contributed by atoms with Crippen LogP contribution in [-0.2, 0) is 24.1 Å². The fourth-order valence-electron chi connectivity index (χ4n) is 4.07. The Kier molecular flexibility index (Phi) is 11.1. The van der Waals surface area contributed by atoms with Crippen molar-refractivity contribution in [1.29, 1.82) is 0 Å². The molecule has 174 valence electrons. The van der Waals surface area contributed by atoms with E-state index in [1.54, 1.807) is 0 Å². The summed E-state index contributed by atoms with van der Waals surface area (Å²) in [5.74, 6) is 0.278. The van der Waals surface area contributed by atoms with Crippen molar-refractivity contribution >= 4 is 23.7 Å². The van der Waals surface area contributed by atoms with Crippen LogP contribution in [0.4, 0.5) is 0 Å². The average Bonchev–Trinajstić information content (AvgIpc) is 3.20. The number of Topliss-reactive ketones (excluding diaryl/α,β-unsaturated/α-hetero) is 1. The molecule has 0 aliphatic heterocycles. The summed E-state index contributed by atoms with van der Waals surface area (Å²) in [6.45, 7) is 3.43. The van der Waals surface area contributed by atoms with Crippen LogP contribution in [0.1, 0.15) is 53.2 Å². The lowest BCUT2D eigenvalue weighted by Gasteiger charge is -2.17. The molecule has 4 nitrogen and oxygen atoms in total. The number of hydrogen-bond donors (Lipinski definition) is 0. The van der Waals surface area contributed by atoms with Gasteiger partial charge < -0.3 is 14.6 Å². The monoisotopic (exact) mass is 456 g/mol. The molecule has 2 aromatic rings. The van der Waals surface area contributed by atoms with E-state index in [1.807, 2.05) is 24.3 Å². The van der Waals surface area contributed by atoms with Crippen molar-refractivity contribution < 1.29 is 9.59 Å². The van der Waals surface area contributed by atoms with Crippen LogP contribution < -0.4 is 0 Å². The minimum absolute atomic E-state index is 0.278. The Morgan fingerprint density at radius 2 is 1.72 bits per heavy atom. The van der Waals surface area contributed by atoms with Crippen LogP contribution in [0.25, 0.3) is 0 Å². The van der Waals surface area contributed by atoms with E-state index in [9.17, 15) is 4.79 Å². The van der Waals surface area contributed by atoms with E-state index in [1.165, 1.54) is 23.6 Å². The highest BCUT2D eigenvalue weighted by molar-refractivity contribution is 6.31. The van der Waals surface area contributed by atoms with Crippen molar-refractivity contribution in [3.05, 3.63) is 69.7 Å². The highest BCUT2D eigenvalue weighted by Gasteiger charge is 2.23. The molecule has 5 heteroatoms. The fourth-order valence-corrected chi connectivity index (χ4v) is 4.30. The second-order valence-corrected chi connectivity index (χ2v) is 9.18. The summed E-state index contributed by atoms with van der Waals surface area (Å²) in [5, 5.41) is 0.845. The molecular formula is C27H37ClN2O2. The SMILES string of the molecule is CC=O.CN(CCCCC(=O)c1ccc2c(c1)CC(N(C)C)C2)CCc1ccccc1Cl. The van der Waals surface area contributed by atoms with Gasteiger partial charge in [0.05, 0.1) is 0 Å². The smallest absolute Gasteiger partial charge is 0.162 e. The first-order valence-corrected chi connectivity index (χ1v) is 11.9. The van der Waals surface area contributed by atoms with Crippen molar-refractivity contribution in [2.45, 2.75) is 51.5 Å².